The lowest BCUT2D eigenvalue weighted by atomic mass is 10.0. The predicted molar refractivity (Wildman–Crippen MR) is 114 cm³/mol. The number of amides is 1. The van der Waals surface area contributed by atoms with Gasteiger partial charge in [0.15, 0.2) is 0 Å². The highest BCUT2D eigenvalue weighted by molar-refractivity contribution is 6.02. The van der Waals surface area contributed by atoms with E-state index in [1.54, 1.807) is 6.08 Å². The van der Waals surface area contributed by atoms with Crippen molar-refractivity contribution in [2.24, 2.45) is 0 Å². The molecule has 0 spiro atoms. The van der Waals surface area contributed by atoms with Crippen LogP contribution in [0, 0.1) is 0 Å². The highest BCUT2D eigenvalue weighted by Crippen LogP contribution is 2.19. The van der Waals surface area contributed by atoms with Crippen molar-refractivity contribution < 1.29 is 4.79 Å². The van der Waals surface area contributed by atoms with Gasteiger partial charge in [-0.1, -0.05) is 38.1 Å². The summed E-state index contributed by atoms with van der Waals surface area (Å²) in [6.45, 7) is 8.60. The number of hydrogen-bond donors (Lipinski definition) is 1. The lowest BCUT2D eigenvalue weighted by Crippen LogP contribution is -2.44. The zero-order valence-corrected chi connectivity index (χ0v) is 16.5. The number of benzene rings is 2. The van der Waals surface area contributed by atoms with E-state index in [0.29, 0.717) is 5.92 Å². The molecule has 0 unspecified atom stereocenters. The molecule has 0 bridgehead atoms. The van der Waals surface area contributed by atoms with E-state index < -0.39 is 0 Å². The van der Waals surface area contributed by atoms with Crippen LogP contribution < -0.4 is 10.2 Å². The van der Waals surface area contributed by atoms with E-state index in [1.165, 1.54) is 11.3 Å². The van der Waals surface area contributed by atoms with Gasteiger partial charge in [-0.2, -0.15) is 0 Å². The second-order valence-electron chi connectivity index (χ2n) is 7.48. The van der Waals surface area contributed by atoms with Crippen LogP contribution in [0.2, 0.25) is 0 Å². The average molecular weight is 364 g/mol. The Morgan fingerprint density at radius 2 is 1.59 bits per heavy atom. The zero-order chi connectivity index (χ0) is 19.2. The van der Waals surface area contributed by atoms with E-state index in [4.69, 9.17) is 0 Å². The molecule has 1 aliphatic rings. The Hall–Kier alpha value is -2.59. The van der Waals surface area contributed by atoms with Gasteiger partial charge in [-0.3, -0.25) is 4.79 Å². The van der Waals surface area contributed by atoms with E-state index in [2.05, 4.69) is 60.3 Å². The van der Waals surface area contributed by atoms with Crippen LogP contribution in [-0.2, 0) is 4.79 Å². The molecule has 1 amide bonds. The Bertz CT molecular complexity index is 770. The highest BCUT2D eigenvalue weighted by Gasteiger charge is 2.13. The maximum Gasteiger partial charge on any atom is 0.248 e. The van der Waals surface area contributed by atoms with Gasteiger partial charge in [-0.25, -0.2) is 0 Å². The van der Waals surface area contributed by atoms with E-state index >= 15 is 0 Å². The van der Waals surface area contributed by atoms with E-state index in [1.807, 2.05) is 30.3 Å². The van der Waals surface area contributed by atoms with Crippen LogP contribution >= 0.6 is 0 Å². The van der Waals surface area contributed by atoms with Crippen molar-refractivity contribution >= 4 is 23.4 Å². The molecule has 4 heteroatoms. The molecule has 1 aliphatic heterocycles. The lowest BCUT2D eigenvalue weighted by Gasteiger charge is -2.34. The first kappa shape index (κ1) is 19.2. The Labute approximate surface area is 162 Å². The molecule has 0 atom stereocenters. The number of rotatable bonds is 5. The third-order valence-corrected chi connectivity index (χ3v) is 5.03. The summed E-state index contributed by atoms with van der Waals surface area (Å²) in [5.74, 6) is 0.399. The van der Waals surface area contributed by atoms with Crippen LogP contribution in [0.3, 0.4) is 0 Å². The summed E-state index contributed by atoms with van der Waals surface area (Å²) in [5.41, 5.74) is 4.36. The highest BCUT2D eigenvalue weighted by atomic mass is 16.1. The number of hydrogen-bond acceptors (Lipinski definition) is 3. The minimum atomic E-state index is -0.115. The molecule has 3 rings (SSSR count). The van der Waals surface area contributed by atoms with Crippen molar-refractivity contribution in [3.05, 3.63) is 65.7 Å². The number of carbonyl (C=O) groups is 1. The first-order valence-corrected chi connectivity index (χ1v) is 9.64. The van der Waals surface area contributed by atoms with Crippen molar-refractivity contribution in [1.82, 2.24) is 4.90 Å². The van der Waals surface area contributed by atoms with Gasteiger partial charge in [-0.15, -0.1) is 0 Å². The summed E-state index contributed by atoms with van der Waals surface area (Å²) < 4.78 is 0. The normalized spacial score (nSPS) is 15.5. The van der Waals surface area contributed by atoms with Crippen LogP contribution in [0.5, 0.6) is 0 Å². The minimum absolute atomic E-state index is 0.115. The van der Waals surface area contributed by atoms with Crippen molar-refractivity contribution in [3.63, 3.8) is 0 Å². The van der Waals surface area contributed by atoms with Gasteiger partial charge >= 0.3 is 0 Å². The molecular weight excluding hydrogens is 334 g/mol. The smallest absolute Gasteiger partial charge is 0.248 e. The van der Waals surface area contributed by atoms with Crippen LogP contribution in [0.25, 0.3) is 6.08 Å². The summed E-state index contributed by atoms with van der Waals surface area (Å²) in [7, 11) is 2.15. The maximum absolute atomic E-state index is 12.2. The van der Waals surface area contributed by atoms with Gasteiger partial charge in [0.1, 0.15) is 0 Å². The quantitative estimate of drug-likeness (QED) is 0.808. The van der Waals surface area contributed by atoms with Gasteiger partial charge in [0.25, 0.3) is 0 Å². The van der Waals surface area contributed by atoms with Crippen molar-refractivity contribution in [2.75, 3.05) is 43.4 Å². The maximum atomic E-state index is 12.2. The Kier molecular flexibility index (Phi) is 6.30. The van der Waals surface area contributed by atoms with Gasteiger partial charge in [0.2, 0.25) is 5.91 Å². The van der Waals surface area contributed by atoms with E-state index in [9.17, 15) is 4.79 Å². The largest absolute Gasteiger partial charge is 0.369 e. The SMILES string of the molecule is CC(C)c1ccc(C=CC(=O)Nc2ccc(N3CCN(C)CC3)cc2)cc1. The van der Waals surface area contributed by atoms with Gasteiger partial charge in [-0.05, 0) is 54.4 Å². The van der Waals surface area contributed by atoms with Gasteiger partial charge in [0.05, 0.1) is 0 Å². The number of likely N-dealkylation sites (N-methyl/N-ethyl adjacent to an activating group) is 1. The molecule has 0 saturated carbocycles. The molecule has 2 aromatic carbocycles. The molecule has 27 heavy (non-hydrogen) atoms. The molecule has 1 N–H and O–H groups in total. The van der Waals surface area contributed by atoms with Gasteiger partial charge in [0, 0.05) is 43.6 Å². The Morgan fingerprint density at radius 3 is 2.19 bits per heavy atom. The minimum Gasteiger partial charge on any atom is -0.369 e. The number of carbonyl (C=O) groups excluding carboxylic acids is 1. The summed E-state index contributed by atoms with van der Waals surface area (Å²) in [5, 5.41) is 2.93. The van der Waals surface area contributed by atoms with E-state index in [-0.39, 0.29) is 5.91 Å². The second kappa shape index (κ2) is 8.87. The predicted octanol–water partition coefficient (Wildman–Crippen LogP) is 4.21. The molecule has 0 aliphatic carbocycles. The van der Waals surface area contributed by atoms with Crippen molar-refractivity contribution in [1.29, 1.82) is 0 Å². The van der Waals surface area contributed by atoms with Crippen molar-refractivity contribution in [2.45, 2.75) is 19.8 Å². The summed E-state index contributed by atoms with van der Waals surface area (Å²) in [6, 6.07) is 16.4. The standard InChI is InChI=1S/C23H29N3O/c1-18(2)20-7-4-19(5-8-20)6-13-23(27)24-21-9-11-22(12-10-21)26-16-14-25(3)15-17-26/h4-13,18H,14-17H2,1-3H3,(H,24,27). The monoisotopic (exact) mass is 363 g/mol. The molecule has 0 aromatic heterocycles. The first-order valence-electron chi connectivity index (χ1n) is 9.64. The summed E-state index contributed by atoms with van der Waals surface area (Å²) in [6.07, 6.45) is 3.43. The molecule has 4 nitrogen and oxygen atoms in total. The Balaban J connectivity index is 1.54. The van der Waals surface area contributed by atoms with Crippen LogP contribution in [0.15, 0.2) is 54.6 Å². The van der Waals surface area contributed by atoms with Crippen LogP contribution in [0.4, 0.5) is 11.4 Å². The number of nitrogens with zero attached hydrogens (tertiary/aromatic N) is 2. The number of anilines is 2. The summed E-state index contributed by atoms with van der Waals surface area (Å²) in [4.78, 5) is 16.9. The molecule has 1 fully saturated rings. The molecule has 2 aromatic rings. The Morgan fingerprint density at radius 1 is 0.963 bits per heavy atom. The fourth-order valence-corrected chi connectivity index (χ4v) is 3.17. The zero-order valence-electron chi connectivity index (χ0n) is 16.5. The molecular formula is C23H29N3O. The third-order valence-electron chi connectivity index (χ3n) is 5.03. The van der Waals surface area contributed by atoms with Crippen LogP contribution in [0.1, 0.15) is 30.9 Å². The second-order valence-corrected chi connectivity index (χ2v) is 7.48. The van der Waals surface area contributed by atoms with E-state index in [0.717, 1.165) is 37.4 Å². The molecule has 142 valence electrons. The van der Waals surface area contributed by atoms with Gasteiger partial charge < -0.3 is 15.1 Å². The van der Waals surface area contributed by atoms with Crippen LogP contribution in [-0.4, -0.2) is 44.0 Å². The fourth-order valence-electron chi connectivity index (χ4n) is 3.17. The third kappa shape index (κ3) is 5.44. The fraction of sp³-hybridized carbons (Fsp3) is 0.348. The summed E-state index contributed by atoms with van der Waals surface area (Å²) >= 11 is 0. The molecule has 0 radical (unpaired) electrons. The van der Waals surface area contributed by atoms with Crippen molar-refractivity contribution in [3.8, 4) is 0 Å². The topological polar surface area (TPSA) is 35.6 Å². The molecule has 1 saturated heterocycles. The molecule has 1 heterocycles. The number of piperazine rings is 1. The first-order chi connectivity index (χ1) is 13.0. The number of nitrogens with one attached hydrogen (secondary N) is 1. The lowest BCUT2D eigenvalue weighted by molar-refractivity contribution is -0.111. The average Bonchev–Trinajstić information content (AvgIpc) is 2.68.